The Bertz CT molecular complexity index is 532. The third-order valence-corrected chi connectivity index (χ3v) is 2.26. The van der Waals surface area contributed by atoms with E-state index >= 15 is 0 Å². The summed E-state index contributed by atoms with van der Waals surface area (Å²) in [6.45, 7) is 0. The molecule has 0 aromatic heterocycles. The lowest BCUT2D eigenvalue weighted by Gasteiger charge is -2.03. The zero-order chi connectivity index (χ0) is 11.5. The van der Waals surface area contributed by atoms with E-state index in [9.17, 15) is 15.0 Å². The first-order valence-corrected chi connectivity index (χ1v) is 4.80. The summed E-state index contributed by atoms with van der Waals surface area (Å²) < 4.78 is 0. The number of hydrogen-bond acceptors (Lipinski definition) is 3. The van der Waals surface area contributed by atoms with Gasteiger partial charge in [0.15, 0.2) is 5.78 Å². The molecule has 2 rings (SSSR count). The van der Waals surface area contributed by atoms with Crippen LogP contribution in [0.3, 0.4) is 0 Å². The van der Waals surface area contributed by atoms with Crippen LogP contribution in [0, 0.1) is 0 Å². The van der Waals surface area contributed by atoms with Crippen LogP contribution in [0.15, 0.2) is 48.5 Å². The Hall–Kier alpha value is -2.29. The zero-order valence-electron chi connectivity index (χ0n) is 8.42. The van der Waals surface area contributed by atoms with Crippen molar-refractivity contribution < 1.29 is 15.0 Å². The van der Waals surface area contributed by atoms with Crippen LogP contribution < -0.4 is 0 Å². The normalized spacial score (nSPS) is 10.0. The summed E-state index contributed by atoms with van der Waals surface area (Å²) >= 11 is 0. The highest BCUT2D eigenvalue weighted by atomic mass is 16.3. The third-order valence-electron chi connectivity index (χ3n) is 2.26. The van der Waals surface area contributed by atoms with Crippen molar-refractivity contribution in [3.8, 4) is 11.5 Å². The number of rotatable bonds is 2. The van der Waals surface area contributed by atoms with E-state index in [2.05, 4.69) is 0 Å². The van der Waals surface area contributed by atoms with Crippen LogP contribution in [0.25, 0.3) is 0 Å². The first kappa shape index (κ1) is 10.2. The molecule has 0 saturated carbocycles. The maximum Gasteiger partial charge on any atom is 0.196 e. The lowest BCUT2D eigenvalue weighted by Crippen LogP contribution is -2.00. The van der Waals surface area contributed by atoms with E-state index in [1.54, 1.807) is 30.3 Å². The van der Waals surface area contributed by atoms with Gasteiger partial charge in [-0.1, -0.05) is 24.3 Å². The van der Waals surface area contributed by atoms with Gasteiger partial charge in [0.2, 0.25) is 0 Å². The molecule has 0 aliphatic carbocycles. The predicted molar refractivity (Wildman–Crippen MR) is 59.6 cm³/mol. The maximum absolute atomic E-state index is 11.9. The van der Waals surface area contributed by atoms with Crippen LogP contribution in [0.4, 0.5) is 0 Å². The van der Waals surface area contributed by atoms with Gasteiger partial charge in [0.1, 0.15) is 11.5 Å². The molecular formula is C13H10O3. The Labute approximate surface area is 92.6 Å². The summed E-state index contributed by atoms with van der Waals surface area (Å²) in [5.41, 5.74) is 0.578. The summed E-state index contributed by atoms with van der Waals surface area (Å²) in [6, 6.07) is 12.4. The standard InChI is InChI=1S/C13H10O3/c14-10-5-3-4-9(8-10)13(16)11-6-1-2-7-12(11)15/h1-8,14-15H. The molecule has 80 valence electrons. The number of para-hydroxylation sites is 1. The molecule has 2 aromatic rings. The molecule has 0 atom stereocenters. The Kier molecular flexibility index (Phi) is 2.60. The molecule has 0 amide bonds. The van der Waals surface area contributed by atoms with Crippen molar-refractivity contribution in [3.05, 3.63) is 59.7 Å². The number of carbonyl (C=O) groups is 1. The number of aromatic hydroxyl groups is 2. The lowest BCUT2D eigenvalue weighted by molar-refractivity contribution is 0.103. The monoisotopic (exact) mass is 214 g/mol. The molecule has 0 saturated heterocycles. The molecule has 3 heteroatoms. The van der Waals surface area contributed by atoms with E-state index in [0.717, 1.165) is 0 Å². The van der Waals surface area contributed by atoms with E-state index in [4.69, 9.17) is 0 Å². The number of phenolic OH excluding ortho intramolecular Hbond substituents is 2. The molecule has 0 spiro atoms. The molecule has 3 nitrogen and oxygen atoms in total. The van der Waals surface area contributed by atoms with E-state index in [1.165, 1.54) is 18.2 Å². The third kappa shape index (κ3) is 1.88. The molecular weight excluding hydrogens is 204 g/mol. The summed E-state index contributed by atoms with van der Waals surface area (Å²) in [4.78, 5) is 11.9. The second kappa shape index (κ2) is 4.06. The van der Waals surface area contributed by atoms with Crippen molar-refractivity contribution in [2.75, 3.05) is 0 Å². The molecule has 2 aromatic carbocycles. The van der Waals surface area contributed by atoms with Gasteiger partial charge in [-0.15, -0.1) is 0 Å². The SMILES string of the molecule is O=C(c1cccc(O)c1)c1ccccc1O. The van der Waals surface area contributed by atoms with Crippen LogP contribution in [0.5, 0.6) is 11.5 Å². The van der Waals surface area contributed by atoms with Crippen molar-refractivity contribution in [1.82, 2.24) is 0 Å². The molecule has 0 aliphatic heterocycles. The molecule has 0 aliphatic rings. The Morgan fingerprint density at radius 2 is 1.69 bits per heavy atom. The van der Waals surface area contributed by atoms with Gasteiger partial charge >= 0.3 is 0 Å². The van der Waals surface area contributed by atoms with Crippen LogP contribution in [-0.2, 0) is 0 Å². The average Bonchev–Trinajstić information content (AvgIpc) is 2.29. The van der Waals surface area contributed by atoms with Crippen LogP contribution >= 0.6 is 0 Å². The van der Waals surface area contributed by atoms with E-state index in [0.29, 0.717) is 5.56 Å². The number of phenols is 2. The van der Waals surface area contributed by atoms with Crippen molar-refractivity contribution >= 4 is 5.78 Å². The Balaban J connectivity index is 2.44. The van der Waals surface area contributed by atoms with Crippen LogP contribution in [0.2, 0.25) is 0 Å². The molecule has 0 unspecified atom stereocenters. The van der Waals surface area contributed by atoms with Gasteiger partial charge in [-0.25, -0.2) is 0 Å². The molecule has 2 N–H and O–H groups in total. The minimum absolute atomic E-state index is 0.0290. The molecule has 16 heavy (non-hydrogen) atoms. The smallest absolute Gasteiger partial charge is 0.196 e. The average molecular weight is 214 g/mol. The maximum atomic E-state index is 11.9. The predicted octanol–water partition coefficient (Wildman–Crippen LogP) is 2.33. The number of ketones is 1. The quantitative estimate of drug-likeness (QED) is 0.754. The fraction of sp³-hybridized carbons (Fsp3) is 0. The number of hydrogen-bond donors (Lipinski definition) is 2. The highest BCUT2D eigenvalue weighted by Crippen LogP contribution is 2.21. The van der Waals surface area contributed by atoms with Crippen molar-refractivity contribution in [3.63, 3.8) is 0 Å². The van der Waals surface area contributed by atoms with Crippen LogP contribution in [0.1, 0.15) is 15.9 Å². The van der Waals surface area contributed by atoms with E-state index in [1.807, 2.05) is 0 Å². The van der Waals surface area contributed by atoms with Crippen molar-refractivity contribution in [1.29, 1.82) is 0 Å². The second-order valence-corrected chi connectivity index (χ2v) is 3.40. The van der Waals surface area contributed by atoms with Crippen molar-refractivity contribution in [2.24, 2.45) is 0 Å². The molecule has 0 heterocycles. The summed E-state index contributed by atoms with van der Waals surface area (Å²) in [7, 11) is 0. The highest BCUT2D eigenvalue weighted by molar-refractivity contribution is 6.10. The van der Waals surface area contributed by atoms with Gasteiger partial charge in [-0.05, 0) is 24.3 Å². The van der Waals surface area contributed by atoms with Crippen LogP contribution in [-0.4, -0.2) is 16.0 Å². The van der Waals surface area contributed by atoms with E-state index in [-0.39, 0.29) is 22.8 Å². The fourth-order valence-electron chi connectivity index (χ4n) is 1.47. The highest BCUT2D eigenvalue weighted by Gasteiger charge is 2.12. The molecule has 0 bridgehead atoms. The van der Waals surface area contributed by atoms with Gasteiger partial charge in [0.25, 0.3) is 0 Å². The number of benzene rings is 2. The number of carbonyl (C=O) groups excluding carboxylic acids is 1. The lowest BCUT2D eigenvalue weighted by atomic mass is 10.0. The Morgan fingerprint density at radius 3 is 2.38 bits per heavy atom. The fourth-order valence-corrected chi connectivity index (χ4v) is 1.47. The largest absolute Gasteiger partial charge is 0.508 e. The van der Waals surface area contributed by atoms with Gasteiger partial charge < -0.3 is 10.2 Å². The topological polar surface area (TPSA) is 57.5 Å². The van der Waals surface area contributed by atoms with Gasteiger partial charge in [-0.3, -0.25) is 4.79 Å². The van der Waals surface area contributed by atoms with E-state index < -0.39 is 0 Å². The van der Waals surface area contributed by atoms with Gasteiger partial charge in [-0.2, -0.15) is 0 Å². The first-order chi connectivity index (χ1) is 7.68. The minimum Gasteiger partial charge on any atom is -0.508 e. The molecule has 0 radical (unpaired) electrons. The Morgan fingerprint density at radius 1 is 0.938 bits per heavy atom. The van der Waals surface area contributed by atoms with Gasteiger partial charge in [0.05, 0.1) is 5.56 Å². The minimum atomic E-state index is -0.311. The zero-order valence-corrected chi connectivity index (χ0v) is 8.42. The summed E-state index contributed by atoms with van der Waals surface area (Å²) in [5.74, 6) is -0.342. The second-order valence-electron chi connectivity index (χ2n) is 3.40. The van der Waals surface area contributed by atoms with Gasteiger partial charge in [0, 0.05) is 5.56 Å². The first-order valence-electron chi connectivity index (χ1n) is 4.80. The molecule has 0 fully saturated rings. The summed E-state index contributed by atoms with van der Waals surface area (Å²) in [6.07, 6.45) is 0. The summed E-state index contributed by atoms with van der Waals surface area (Å²) in [5, 5.41) is 18.8. The van der Waals surface area contributed by atoms with Crippen molar-refractivity contribution in [2.45, 2.75) is 0 Å².